The van der Waals surface area contributed by atoms with Crippen LogP contribution in [0.5, 0.6) is 0 Å². The first-order chi connectivity index (χ1) is 8.99. The molecule has 0 fully saturated rings. The van der Waals surface area contributed by atoms with Crippen LogP contribution in [-0.4, -0.2) is 13.0 Å². The molecule has 98 valence electrons. The van der Waals surface area contributed by atoms with Crippen molar-refractivity contribution >= 4 is 44.8 Å². The lowest BCUT2D eigenvalue weighted by Crippen LogP contribution is -2.26. The maximum atomic E-state index is 12.4. The van der Waals surface area contributed by atoms with Gasteiger partial charge < -0.3 is 10.6 Å². The van der Waals surface area contributed by atoms with E-state index < -0.39 is 0 Å². The molecule has 0 bridgehead atoms. The van der Waals surface area contributed by atoms with E-state index in [4.69, 9.17) is 17.3 Å². The SMILES string of the molecule is CN(C(=O)c1ccc(Br)cc1Cl)c1cccc(N)c1. The van der Waals surface area contributed by atoms with E-state index in [1.165, 1.54) is 4.90 Å². The molecule has 1 amide bonds. The summed E-state index contributed by atoms with van der Waals surface area (Å²) < 4.78 is 0.834. The number of amides is 1. The fraction of sp³-hybridized carbons (Fsp3) is 0.0714. The monoisotopic (exact) mass is 338 g/mol. The van der Waals surface area contributed by atoms with Crippen molar-refractivity contribution in [3.05, 3.63) is 57.5 Å². The average molecular weight is 340 g/mol. The quantitative estimate of drug-likeness (QED) is 0.842. The van der Waals surface area contributed by atoms with Crippen molar-refractivity contribution in [2.45, 2.75) is 0 Å². The van der Waals surface area contributed by atoms with Crippen LogP contribution < -0.4 is 10.6 Å². The van der Waals surface area contributed by atoms with Gasteiger partial charge in [-0.2, -0.15) is 0 Å². The molecule has 0 aliphatic carbocycles. The van der Waals surface area contributed by atoms with E-state index in [1.807, 2.05) is 6.07 Å². The Morgan fingerprint density at radius 1 is 1.26 bits per heavy atom. The van der Waals surface area contributed by atoms with Crippen molar-refractivity contribution in [3.63, 3.8) is 0 Å². The standard InChI is InChI=1S/C14H12BrClN2O/c1-18(11-4-2-3-10(17)8-11)14(19)12-6-5-9(15)7-13(12)16/h2-8H,17H2,1H3. The largest absolute Gasteiger partial charge is 0.399 e. The van der Waals surface area contributed by atoms with Crippen molar-refractivity contribution in [2.24, 2.45) is 0 Å². The molecule has 2 aromatic carbocycles. The normalized spacial score (nSPS) is 10.3. The van der Waals surface area contributed by atoms with E-state index in [9.17, 15) is 4.79 Å². The smallest absolute Gasteiger partial charge is 0.259 e. The molecule has 0 aliphatic rings. The van der Waals surface area contributed by atoms with Gasteiger partial charge in [0.25, 0.3) is 5.91 Å². The predicted molar refractivity (Wildman–Crippen MR) is 82.7 cm³/mol. The maximum absolute atomic E-state index is 12.4. The highest BCUT2D eigenvalue weighted by atomic mass is 79.9. The molecule has 0 atom stereocenters. The second-order valence-corrected chi connectivity index (χ2v) is 5.41. The van der Waals surface area contributed by atoms with Crippen LogP contribution in [0.1, 0.15) is 10.4 Å². The molecule has 5 heteroatoms. The second-order valence-electron chi connectivity index (χ2n) is 4.08. The number of nitrogens with zero attached hydrogens (tertiary/aromatic N) is 1. The van der Waals surface area contributed by atoms with E-state index in [0.29, 0.717) is 16.3 Å². The number of hydrogen-bond donors (Lipinski definition) is 1. The summed E-state index contributed by atoms with van der Waals surface area (Å²) in [5, 5.41) is 0.412. The summed E-state index contributed by atoms with van der Waals surface area (Å²) in [6.45, 7) is 0. The molecule has 2 rings (SSSR count). The van der Waals surface area contributed by atoms with Crippen molar-refractivity contribution in [3.8, 4) is 0 Å². The van der Waals surface area contributed by atoms with Crippen molar-refractivity contribution in [1.82, 2.24) is 0 Å². The molecule has 0 saturated carbocycles. The summed E-state index contributed by atoms with van der Waals surface area (Å²) in [6.07, 6.45) is 0. The van der Waals surface area contributed by atoms with Crippen LogP contribution in [0.2, 0.25) is 5.02 Å². The highest BCUT2D eigenvalue weighted by Gasteiger charge is 2.16. The molecule has 2 N–H and O–H groups in total. The molecular formula is C14H12BrClN2O. The first-order valence-electron chi connectivity index (χ1n) is 5.57. The Morgan fingerprint density at radius 2 is 2.00 bits per heavy atom. The fourth-order valence-corrected chi connectivity index (χ4v) is 2.45. The number of anilines is 2. The first kappa shape index (κ1) is 13.9. The molecular weight excluding hydrogens is 328 g/mol. The third kappa shape index (κ3) is 3.08. The summed E-state index contributed by atoms with van der Waals surface area (Å²) in [4.78, 5) is 13.9. The molecule has 2 aromatic rings. The lowest BCUT2D eigenvalue weighted by atomic mass is 10.2. The zero-order valence-electron chi connectivity index (χ0n) is 10.2. The average Bonchev–Trinajstić information content (AvgIpc) is 2.37. The minimum Gasteiger partial charge on any atom is -0.399 e. The number of carbonyl (C=O) groups is 1. The van der Waals surface area contributed by atoms with E-state index >= 15 is 0 Å². The van der Waals surface area contributed by atoms with Crippen molar-refractivity contribution in [1.29, 1.82) is 0 Å². The number of carbonyl (C=O) groups excluding carboxylic acids is 1. The summed E-state index contributed by atoms with van der Waals surface area (Å²) >= 11 is 9.40. The third-order valence-corrected chi connectivity index (χ3v) is 3.53. The van der Waals surface area contributed by atoms with E-state index in [-0.39, 0.29) is 5.91 Å². The molecule has 0 aromatic heterocycles. The molecule has 0 radical (unpaired) electrons. The number of nitrogens with two attached hydrogens (primary N) is 1. The van der Waals surface area contributed by atoms with Crippen LogP contribution >= 0.6 is 27.5 Å². The molecule has 0 aliphatic heterocycles. The topological polar surface area (TPSA) is 46.3 Å². The number of benzene rings is 2. The van der Waals surface area contributed by atoms with E-state index in [1.54, 1.807) is 43.4 Å². The summed E-state index contributed by atoms with van der Waals surface area (Å²) in [6, 6.07) is 12.3. The van der Waals surface area contributed by atoms with Gasteiger partial charge in [-0.3, -0.25) is 4.79 Å². The highest BCUT2D eigenvalue weighted by molar-refractivity contribution is 9.10. The minimum absolute atomic E-state index is 0.178. The lowest BCUT2D eigenvalue weighted by molar-refractivity contribution is 0.0993. The molecule has 0 heterocycles. The zero-order chi connectivity index (χ0) is 14.0. The Balaban J connectivity index is 2.33. The van der Waals surface area contributed by atoms with Gasteiger partial charge in [0.1, 0.15) is 0 Å². The Labute approximate surface area is 125 Å². The van der Waals surface area contributed by atoms with Crippen LogP contribution in [0.4, 0.5) is 11.4 Å². The zero-order valence-corrected chi connectivity index (χ0v) is 12.6. The predicted octanol–water partition coefficient (Wildman–Crippen LogP) is 3.96. The van der Waals surface area contributed by atoms with Gasteiger partial charge >= 0.3 is 0 Å². The molecule has 19 heavy (non-hydrogen) atoms. The van der Waals surface area contributed by atoms with Gasteiger partial charge in [0, 0.05) is 22.9 Å². The summed E-state index contributed by atoms with van der Waals surface area (Å²) in [5.74, 6) is -0.178. The van der Waals surface area contributed by atoms with Crippen LogP contribution in [0, 0.1) is 0 Å². The summed E-state index contributed by atoms with van der Waals surface area (Å²) in [7, 11) is 1.69. The van der Waals surface area contributed by atoms with Crippen molar-refractivity contribution in [2.75, 3.05) is 17.7 Å². The number of halogens is 2. The molecule has 0 spiro atoms. The first-order valence-corrected chi connectivity index (χ1v) is 6.75. The fourth-order valence-electron chi connectivity index (χ4n) is 1.69. The van der Waals surface area contributed by atoms with Crippen LogP contribution in [0.15, 0.2) is 46.9 Å². The van der Waals surface area contributed by atoms with Gasteiger partial charge in [-0.1, -0.05) is 33.6 Å². The van der Waals surface area contributed by atoms with Gasteiger partial charge in [-0.15, -0.1) is 0 Å². The second kappa shape index (κ2) is 5.63. The summed E-state index contributed by atoms with van der Waals surface area (Å²) in [5.41, 5.74) is 7.50. The van der Waals surface area contributed by atoms with Gasteiger partial charge in [-0.05, 0) is 36.4 Å². The van der Waals surface area contributed by atoms with E-state index in [2.05, 4.69) is 15.9 Å². The third-order valence-electron chi connectivity index (χ3n) is 2.72. The van der Waals surface area contributed by atoms with Gasteiger partial charge in [0.2, 0.25) is 0 Å². The van der Waals surface area contributed by atoms with Crippen LogP contribution in [0.3, 0.4) is 0 Å². The minimum atomic E-state index is -0.178. The van der Waals surface area contributed by atoms with Gasteiger partial charge in [0.15, 0.2) is 0 Å². The lowest BCUT2D eigenvalue weighted by Gasteiger charge is -2.18. The number of hydrogen-bond acceptors (Lipinski definition) is 2. The van der Waals surface area contributed by atoms with Crippen LogP contribution in [0.25, 0.3) is 0 Å². The van der Waals surface area contributed by atoms with Gasteiger partial charge in [-0.25, -0.2) is 0 Å². The number of rotatable bonds is 2. The van der Waals surface area contributed by atoms with E-state index in [0.717, 1.165) is 10.2 Å². The Morgan fingerprint density at radius 3 is 2.63 bits per heavy atom. The van der Waals surface area contributed by atoms with Crippen LogP contribution in [-0.2, 0) is 0 Å². The number of nitrogen functional groups attached to an aromatic ring is 1. The maximum Gasteiger partial charge on any atom is 0.259 e. The molecule has 0 unspecified atom stereocenters. The van der Waals surface area contributed by atoms with Crippen molar-refractivity contribution < 1.29 is 4.79 Å². The Kier molecular flexibility index (Phi) is 4.12. The Bertz CT molecular complexity index is 631. The van der Waals surface area contributed by atoms with Gasteiger partial charge in [0.05, 0.1) is 10.6 Å². The highest BCUT2D eigenvalue weighted by Crippen LogP contribution is 2.25. The Hall–Kier alpha value is -1.52. The molecule has 3 nitrogen and oxygen atoms in total. The molecule has 0 saturated heterocycles.